The highest BCUT2D eigenvalue weighted by Gasteiger charge is 2.38. The summed E-state index contributed by atoms with van der Waals surface area (Å²) in [6.45, 7) is 2.33. The number of piperazine rings is 1. The predicted molar refractivity (Wildman–Crippen MR) is 115 cm³/mol. The number of amides is 1. The maximum absolute atomic E-state index is 13.1. The summed E-state index contributed by atoms with van der Waals surface area (Å²) in [5.41, 5.74) is 2.66. The van der Waals surface area contributed by atoms with E-state index in [0.717, 1.165) is 63.2 Å². The van der Waals surface area contributed by atoms with Crippen molar-refractivity contribution in [2.45, 2.75) is 38.1 Å². The molecule has 2 aliphatic rings. The molecule has 8 nitrogen and oxygen atoms in total. The van der Waals surface area contributed by atoms with E-state index >= 15 is 0 Å². The number of fused-ring (bicyclic) bond motifs is 2. The first-order valence-electron chi connectivity index (χ1n) is 10.9. The summed E-state index contributed by atoms with van der Waals surface area (Å²) in [6.07, 6.45) is 9.88. The SMILES string of the molecule is N#Cc1ccc(N2CCN3C(=O)C(CCCc4cccn5ncnc45)CCC3C2)nc1. The van der Waals surface area contributed by atoms with Gasteiger partial charge in [0, 0.05) is 44.0 Å². The van der Waals surface area contributed by atoms with Gasteiger partial charge in [0.2, 0.25) is 5.91 Å². The molecule has 0 spiro atoms. The number of nitriles is 1. The maximum Gasteiger partial charge on any atom is 0.226 e. The number of carbonyl (C=O) groups is 1. The number of carbonyl (C=O) groups excluding carboxylic acids is 1. The fourth-order valence-electron chi connectivity index (χ4n) is 4.90. The van der Waals surface area contributed by atoms with E-state index in [9.17, 15) is 4.79 Å². The van der Waals surface area contributed by atoms with E-state index in [4.69, 9.17) is 5.26 Å². The Morgan fingerprint density at radius 1 is 1.16 bits per heavy atom. The van der Waals surface area contributed by atoms with E-state index in [1.54, 1.807) is 23.1 Å². The minimum atomic E-state index is 0.119. The minimum Gasteiger partial charge on any atom is -0.353 e. The standard InChI is InChI=1S/C23H25N7O/c24-13-17-6-9-21(25-14-17)28-11-12-29-20(15-28)8-7-19(23(29)31)4-1-3-18-5-2-10-30-22(18)26-16-27-30/h2,5-6,9-10,14,16,19-20H,1,3-4,7-8,11-12,15H2. The highest BCUT2D eigenvalue weighted by molar-refractivity contribution is 5.80. The van der Waals surface area contributed by atoms with Crippen LogP contribution >= 0.6 is 0 Å². The lowest BCUT2D eigenvalue weighted by atomic mass is 9.86. The molecule has 5 rings (SSSR count). The molecule has 0 aromatic carbocycles. The van der Waals surface area contributed by atoms with Crippen LogP contribution in [0.25, 0.3) is 5.65 Å². The van der Waals surface area contributed by atoms with Crippen molar-refractivity contribution in [2.24, 2.45) is 5.92 Å². The third kappa shape index (κ3) is 3.83. The number of nitrogens with zero attached hydrogens (tertiary/aromatic N) is 7. The molecule has 0 saturated carbocycles. The number of aromatic nitrogens is 4. The van der Waals surface area contributed by atoms with Crippen molar-refractivity contribution >= 4 is 17.4 Å². The Morgan fingerprint density at radius 2 is 2.10 bits per heavy atom. The molecule has 1 amide bonds. The zero-order valence-corrected chi connectivity index (χ0v) is 17.4. The second kappa shape index (κ2) is 8.34. The lowest BCUT2D eigenvalue weighted by Gasteiger charge is -2.46. The topological polar surface area (TPSA) is 90.4 Å². The molecule has 2 saturated heterocycles. The van der Waals surface area contributed by atoms with Gasteiger partial charge in [0.15, 0.2) is 5.65 Å². The van der Waals surface area contributed by atoms with Gasteiger partial charge >= 0.3 is 0 Å². The van der Waals surface area contributed by atoms with Crippen LogP contribution in [0.15, 0.2) is 43.0 Å². The van der Waals surface area contributed by atoms with Gasteiger partial charge in [-0.3, -0.25) is 4.79 Å². The van der Waals surface area contributed by atoms with Crippen molar-refractivity contribution < 1.29 is 4.79 Å². The quantitative estimate of drug-likeness (QED) is 0.636. The zero-order chi connectivity index (χ0) is 21.2. The molecule has 2 fully saturated rings. The van der Waals surface area contributed by atoms with Gasteiger partial charge in [0.25, 0.3) is 0 Å². The van der Waals surface area contributed by atoms with Crippen LogP contribution in [-0.2, 0) is 11.2 Å². The lowest BCUT2D eigenvalue weighted by molar-refractivity contribution is -0.142. The lowest BCUT2D eigenvalue weighted by Crippen LogP contribution is -2.59. The molecule has 3 aromatic rings. The summed E-state index contributed by atoms with van der Waals surface area (Å²) in [6, 6.07) is 10.2. The van der Waals surface area contributed by atoms with E-state index in [1.807, 2.05) is 18.3 Å². The Kier molecular flexibility index (Phi) is 5.24. The zero-order valence-electron chi connectivity index (χ0n) is 17.4. The molecular formula is C23H25N7O. The minimum absolute atomic E-state index is 0.119. The van der Waals surface area contributed by atoms with Crippen LogP contribution in [0.3, 0.4) is 0 Å². The third-order valence-electron chi connectivity index (χ3n) is 6.55. The molecule has 5 heterocycles. The number of hydrogen-bond donors (Lipinski definition) is 0. The Bertz CT molecular complexity index is 1120. The average molecular weight is 416 g/mol. The first-order valence-corrected chi connectivity index (χ1v) is 10.9. The van der Waals surface area contributed by atoms with Crippen LogP contribution in [0.5, 0.6) is 0 Å². The van der Waals surface area contributed by atoms with Gasteiger partial charge in [-0.25, -0.2) is 14.5 Å². The third-order valence-corrected chi connectivity index (χ3v) is 6.55. The van der Waals surface area contributed by atoms with Gasteiger partial charge in [0.1, 0.15) is 18.2 Å². The number of anilines is 1. The molecule has 158 valence electrons. The Balaban J connectivity index is 1.17. The molecule has 31 heavy (non-hydrogen) atoms. The highest BCUT2D eigenvalue weighted by Crippen LogP contribution is 2.30. The molecule has 8 heteroatoms. The largest absolute Gasteiger partial charge is 0.353 e. The molecular weight excluding hydrogens is 390 g/mol. The molecule has 2 unspecified atom stereocenters. The van der Waals surface area contributed by atoms with Crippen LogP contribution < -0.4 is 4.90 Å². The van der Waals surface area contributed by atoms with Crippen molar-refractivity contribution in [2.75, 3.05) is 24.5 Å². The van der Waals surface area contributed by atoms with Crippen LogP contribution in [0.1, 0.15) is 36.8 Å². The number of pyridine rings is 2. The van der Waals surface area contributed by atoms with E-state index in [0.29, 0.717) is 11.5 Å². The van der Waals surface area contributed by atoms with Crippen molar-refractivity contribution in [1.82, 2.24) is 24.5 Å². The van der Waals surface area contributed by atoms with Crippen LogP contribution in [-0.4, -0.2) is 56.1 Å². The van der Waals surface area contributed by atoms with Crippen molar-refractivity contribution in [3.8, 4) is 6.07 Å². The fourth-order valence-corrected chi connectivity index (χ4v) is 4.90. The summed E-state index contributed by atoms with van der Waals surface area (Å²) in [5, 5.41) is 13.1. The monoisotopic (exact) mass is 415 g/mol. The Labute approximate surface area is 181 Å². The van der Waals surface area contributed by atoms with E-state index < -0.39 is 0 Å². The van der Waals surface area contributed by atoms with E-state index in [2.05, 4.69) is 37.0 Å². The van der Waals surface area contributed by atoms with Crippen LogP contribution in [0.4, 0.5) is 5.82 Å². The summed E-state index contributed by atoms with van der Waals surface area (Å²) < 4.78 is 1.80. The summed E-state index contributed by atoms with van der Waals surface area (Å²) in [5.74, 6) is 1.31. The van der Waals surface area contributed by atoms with Gasteiger partial charge in [-0.15, -0.1) is 0 Å². The van der Waals surface area contributed by atoms with Crippen molar-refractivity contribution in [3.63, 3.8) is 0 Å². The van der Waals surface area contributed by atoms with Crippen LogP contribution in [0, 0.1) is 17.2 Å². The van der Waals surface area contributed by atoms with Gasteiger partial charge < -0.3 is 9.80 Å². The number of rotatable bonds is 5. The average Bonchev–Trinajstić information content (AvgIpc) is 3.30. The smallest absolute Gasteiger partial charge is 0.226 e. The summed E-state index contributed by atoms with van der Waals surface area (Å²) >= 11 is 0. The van der Waals surface area contributed by atoms with E-state index in [1.165, 1.54) is 5.56 Å². The van der Waals surface area contributed by atoms with Gasteiger partial charge in [-0.1, -0.05) is 6.07 Å². The molecule has 0 aliphatic carbocycles. The second-order valence-corrected chi connectivity index (χ2v) is 8.38. The maximum atomic E-state index is 13.1. The highest BCUT2D eigenvalue weighted by atomic mass is 16.2. The molecule has 3 aromatic heterocycles. The van der Waals surface area contributed by atoms with Gasteiger partial charge in [-0.05, 0) is 55.9 Å². The van der Waals surface area contributed by atoms with E-state index in [-0.39, 0.29) is 12.0 Å². The van der Waals surface area contributed by atoms with Gasteiger partial charge in [-0.2, -0.15) is 10.4 Å². The number of hydrogen-bond acceptors (Lipinski definition) is 6. The van der Waals surface area contributed by atoms with Crippen LogP contribution in [0.2, 0.25) is 0 Å². The second-order valence-electron chi connectivity index (χ2n) is 8.38. The predicted octanol–water partition coefficient (Wildman–Crippen LogP) is 2.45. The Morgan fingerprint density at radius 3 is 2.94 bits per heavy atom. The van der Waals surface area contributed by atoms with Crippen molar-refractivity contribution in [3.05, 3.63) is 54.1 Å². The molecule has 0 bridgehead atoms. The normalized spacial score (nSPS) is 21.2. The van der Waals surface area contributed by atoms with Gasteiger partial charge in [0.05, 0.1) is 5.56 Å². The number of aryl methyl sites for hydroxylation is 1. The summed E-state index contributed by atoms with van der Waals surface area (Å²) in [4.78, 5) is 26.2. The van der Waals surface area contributed by atoms with Crippen molar-refractivity contribution in [1.29, 1.82) is 5.26 Å². The molecule has 2 atom stereocenters. The Hall–Kier alpha value is -3.47. The summed E-state index contributed by atoms with van der Waals surface area (Å²) in [7, 11) is 0. The first kappa shape index (κ1) is 19.5. The molecule has 2 aliphatic heterocycles. The number of piperidine rings is 1. The first-order chi connectivity index (χ1) is 15.2. The molecule has 0 N–H and O–H groups in total. The fraction of sp³-hybridized carbons (Fsp3) is 0.435. The molecule has 0 radical (unpaired) electrons.